The van der Waals surface area contributed by atoms with E-state index in [0.717, 1.165) is 51.4 Å². The molecule has 3 unspecified atom stereocenters. The molecule has 0 aromatic heterocycles. The molecule has 0 radical (unpaired) electrons. The van der Waals surface area contributed by atoms with Gasteiger partial charge in [0.05, 0.1) is 5.41 Å². The van der Waals surface area contributed by atoms with Gasteiger partial charge in [0.2, 0.25) is 0 Å². The van der Waals surface area contributed by atoms with E-state index >= 15 is 0 Å². The van der Waals surface area contributed by atoms with Crippen LogP contribution in [0.5, 0.6) is 0 Å². The van der Waals surface area contributed by atoms with Gasteiger partial charge in [-0.05, 0) is 43.4 Å². The average Bonchev–Trinajstić information content (AvgIpc) is 2.96. The normalized spacial score (nSPS) is 15.3. The van der Waals surface area contributed by atoms with Gasteiger partial charge in [-0.15, -0.1) is 0 Å². The van der Waals surface area contributed by atoms with E-state index in [1.54, 1.807) is 0 Å². The number of unbranched alkanes of at least 4 members (excludes halogenated alkanes) is 13. The summed E-state index contributed by atoms with van der Waals surface area (Å²) in [6.07, 6.45) is 29.3. The van der Waals surface area contributed by atoms with E-state index in [2.05, 4.69) is 34.6 Å². The Hall–Kier alpha value is -1.06. The summed E-state index contributed by atoms with van der Waals surface area (Å²) in [5.41, 5.74) is -0.556. The largest absolute Gasteiger partial charge is 0.481 e. The van der Waals surface area contributed by atoms with Gasteiger partial charge in [0, 0.05) is 6.42 Å². The highest BCUT2D eigenvalue weighted by molar-refractivity contribution is 5.74. The van der Waals surface area contributed by atoms with E-state index in [0.29, 0.717) is 24.2 Å². The summed E-state index contributed by atoms with van der Waals surface area (Å²) in [5, 5.41) is 19.5. The van der Waals surface area contributed by atoms with Crippen LogP contribution in [-0.4, -0.2) is 22.2 Å². The third kappa shape index (κ3) is 20.5. The van der Waals surface area contributed by atoms with Crippen molar-refractivity contribution in [1.82, 2.24) is 0 Å². The molecule has 244 valence electrons. The highest BCUT2D eigenvalue weighted by Crippen LogP contribution is 2.45. The van der Waals surface area contributed by atoms with Gasteiger partial charge in [0.1, 0.15) is 0 Å². The fourth-order valence-corrected chi connectivity index (χ4v) is 6.98. The summed E-state index contributed by atoms with van der Waals surface area (Å²) >= 11 is 0. The summed E-state index contributed by atoms with van der Waals surface area (Å²) in [5.74, 6) is 0.401. The van der Waals surface area contributed by atoms with Crippen molar-refractivity contribution in [3.63, 3.8) is 0 Å². The number of aliphatic carboxylic acids is 2. The van der Waals surface area contributed by atoms with E-state index in [-0.39, 0.29) is 0 Å². The first-order chi connectivity index (χ1) is 19.8. The predicted octanol–water partition coefficient (Wildman–Crippen LogP) is 12.2. The lowest BCUT2D eigenvalue weighted by Crippen LogP contribution is -2.37. The molecule has 0 aromatic carbocycles. The topological polar surface area (TPSA) is 74.6 Å². The highest BCUT2D eigenvalue weighted by atomic mass is 16.4. The molecule has 0 aliphatic rings. The zero-order valence-electron chi connectivity index (χ0n) is 28.3. The molecule has 0 aliphatic carbocycles. The zero-order valence-corrected chi connectivity index (χ0v) is 28.3. The predicted molar refractivity (Wildman–Crippen MR) is 177 cm³/mol. The third-order valence-corrected chi connectivity index (χ3v) is 9.91. The molecule has 0 amide bonds. The van der Waals surface area contributed by atoms with E-state index in [1.807, 2.05) is 0 Å². The summed E-state index contributed by atoms with van der Waals surface area (Å²) in [6.45, 7) is 11.3. The molecular weight excluding hydrogens is 508 g/mol. The molecule has 0 saturated heterocycles. The zero-order chi connectivity index (χ0) is 30.8. The molecule has 4 heteroatoms. The van der Waals surface area contributed by atoms with Crippen LogP contribution in [0.25, 0.3) is 0 Å². The molecule has 3 atom stereocenters. The summed E-state index contributed by atoms with van der Waals surface area (Å²) < 4.78 is 0. The van der Waals surface area contributed by atoms with E-state index < -0.39 is 17.4 Å². The Kier molecular flexibility index (Phi) is 25.9. The van der Waals surface area contributed by atoms with Crippen molar-refractivity contribution in [3.05, 3.63) is 0 Å². The molecule has 0 aliphatic heterocycles. The molecule has 0 spiro atoms. The maximum absolute atomic E-state index is 13.1. The first-order valence-corrected chi connectivity index (χ1v) is 18.2. The average molecular weight is 581 g/mol. The van der Waals surface area contributed by atoms with Crippen molar-refractivity contribution in [3.8, 4) is 0 Å². The summed E-state index contributed by atoms with van der Waals surface area (Å²) in [4.78, 5) is 23.7. The molecule has 0 bridgehead atoms. The Morgan fingerprint density at radius 3 is 1.10 bits per heavy atom. The number of rotatable bonds is 31. The lowest BCUT2D eigenvalue weighted by molar-refractivity contribution is -0.153. The van der Waals surface area contributed by atoms with Crippen LogP contribution in [-0.2, 0) is 9.59 Å². The van der Waals surface area contributed by atoms with Gasteiger partial charge in [-0.1, -0.05) is 169 Å². The fourth-order valence-electron chi connectivity index (χ4n) is 6.98. The minimum Gasteiger partial charge on any atom is -0.481 e. The summed E-state index contributed by atoms with van der Waals surface area (Å²) in [6, 6.07) is 0. The standard InChI is InChI=1S/C37H72O4/c1-6-11-25-32(8-3)29-37(36(40)41,30-33(9-4)26-12-7-2)31-34(10-5)27-23-21-19-17-15-13-14-16-18-20-22-24-28-35(38)39/h32-34H,6-31H2,1-5H3,(H,38,39)(H,40,41). The van der Waals surface area contributed by atoms with Gasteiger partial charge >= 0.3 is 11.9 Å². The Morgan fingerprint density at radius 2 is 0.805 bits per heavy atom. The van der Waals surface area contributed by atoms with Crippen molar-refractivity contribution in [2.24, 2.45) is 23.2 Å². The molecule has 0 aromatic rings. The van der Waals surface area contributed by atoms with Crippen molar-refractivity contribution < 1.29 is 19.8 Å². The molecular formula is C37H72O4. The monoisotopic (exact) mass is 581 g/mol. The van der Waals surface area contributed by atoms with Gasteiger partial charge in [-0.25, -0.2) is 0 Å². The summed E-state index contributed by atoms with van der Waals surface area (Å²) in [7, 11) is 0. The van der Waals surface area contributed by atoms with Crippen LogP contribution >= 0.6 is 0 Å². The van der Waals surface area contributed by atoms with Crippen LogP contribution in [0.15, 0.2) is 0 Å². The Balaban J connectivity index is 4.72. The van der Waals surface area contributed by atoms with Crippen LogP contribution in [0.2, 0.25) is 0 Å². The second-order valence-electron chi connectivity index (χ2n) is 13.5. The van der Waals surface area contributed by atoms with Crippen molar-refractivity contribution in [2.75, 3.05) is 0 Å². The highest BCUT2D eigenvalue weighted by Gasteiger charge is 2.42. The quantitative estimate of drug-likeness (QED) is 0.0800. The minimum absolute atomic E-state index is 0.316. The van der Waals surface area contributed by atoms with Crippen molar-refractivity contribution in [1.29, 1.82) is 0 Å². The molecule has 0 saturated carbocycles. The lowest BCUT2D eigenvalue weighted by atomic mass is 9.65. The first kappa shape index (κ1) is 39.9. The Labute approximate surface area is 256 Å². The number of carbonyl (C=O) groups is 2. The minimum atomic E-state index is -0.672. The number of hydrogen-bond acceptors (Lipinski definition) is 2. The van der Waals surface area contributed by atoms with Gasteiger partial charge in [-0.2, -0.15) is 0 Å². The molecule has 0 rings (SSSR count). The van der Waals surface area contributed by atoms with Crippen molar-refractivity contribution in [2.45, 2.75) is 202 Å². The van der Waals surface area contributed by atoms with Gasteiger partial charge in [0.15, 0.2) is 0 Å². The first-order valence-electron chi connectivity index (χ1n) is 18.2. The van der Waals surface area contributed by atoms with Gasteiger partial charge < -0.3 is 10.2 Å². The number of hydrogen-bond donors (Lipinski definition) is 2. The second kappa shape index (κ2) is 26.6. The van der Waals surface area contributed by atoms with Crippen molar-refractivity contribution >= 4 is 11.9 Å². The van der Waals surface area contributed by atoms with Crippen LogP contribution in [0, 0.1) is 23.2 Å². The van der Waals surface area contributed by atoms with E-state index in [9.17, 15) is 14.7 Å². The third-order valence-electron chi connectivity index (χ3n) is 9.91. The molecule has 41 heavy (non-hydrogen) atoms. The number of carboxylic acid groups (broad SMARTS) is 2. The lowest BCUT2D eigenvalue weighted by Gasteiger charge is -2.38. The maximum Gasteiger partial charge on any atom is 0.309 e. The van der Waals surface area contributed by atoms with Crippen LogP contribution in [0.4, 0.5) is 0 Å². The van der Waals surface area contributed by atoms with E-state index in [4.69, 9.17) is 5.11 Å². The second-order valence-corrected chi connectivity index (χ2v) is 13.5. The number of carboxylic acids is 2. The van der Waals surface area contributed by atoms with E-state index in [1.165, 1.54) is 109 Å². The molecule has 0 heterocycles. The fraction of sp³-hybridized carbons (Fsp3) is 0.946. The molecule has 0 fully saturated rings. The van der Waals surface area contributed by atoms with Gasteiger partial charge in [0.25, 0.3) is 0 Å². The Bertz CT molecular complexity index is 598. The van der Waals surface area contributed by atoms with Crippen LogP contribution < -0.4 is 0 Å². The van der Waals surface area contributed by atoms with Gasteiger partial charge in [-0.3, -0.25) is 9.59 Å². The molecule has 4 nitrogen and oxygen atoms in total. The molecule has 2 N–H and O–H groups in total. The van der Waals surface area contributed by atoms with Crippen LogP contribution in [0.1, 0.15) is 202 Å². The SMILES string of the molecule is CCCCC(CC)CC(CC(CC)CCCC)(CC(CC)CCCCCCCCCCCCCCC(=O)O)C(=O)O. The maximum atomic E-state index is 13.1. The smallest absolute Gasteiger partial charge is 0.309 e. The Morgan fingerprint density at radius 1 is 0.488 bits per heavy atom. The van der Waals surface area contributed by atoms with Crippen LogP contribution in [0.3, 0.4) is 0 Å².